The fourth-order valence-corrected chi connectivity index (χ4v) is 1.05. The van der Waals surface area contributed by atoms with Crippen LogP contribution in [0.1, 0.15) is 26.2 Å². The molecule has 0 radical (unpaired) electrons. The van der Waals surface area contributed by atoms with Crippen LogP contribution in [0.5, 0.6) is 0 Å². The molecule has 0 aromatic carbocycles. The normalized spacial score (nSPS) is 16.4. The number of nitrogens with two attached hydrogens (primary N) is 3. The highest BCUT2D eigenvalue weighted by atomic mass is 14.7. The van der Waals surface area contributed by atoms with Gasteiger partial charge in [0.05, 0.1) is 0 Å². The summed E-state index contributed by atoms with van der Waals surface area (Å²) >= 11 is 0. The molecular weight excluding hydrogens is 138 g/mol. The Morgan fingerprint density at radius 2 is 1.73 bits per heavy atom. The standard InChI is InChI=1S/C8H21N3/c1-7(4-5-9)2-3-8(11)6-10/h7-8H,2-6,9-11H2,1H3. The molecule has 0 rings (SSSR count). The van der Waals surface area contributed by atoms with Crippen molar-refractivity contribution in [3.8, 4) is 0 Å². The van der Waals surface area contributed by atoms with Gasteiger partial charge in [-0.3, -0.25) is 0 Å². The Morgan fingerprint density at radius 3 is 2.18 bits per heavy atom. The summed E-state index contributed by atoms with van der Waals surface area (Å²) in [7, 11) is 0. The topological polar surface area (TPSA) is 78.1 Å². The van der Waals surface area contributed by atoms with Gasteiger partial charge in [-0.05, 0) is 31.7 Å². The van der Waals surface area contributed by atoms with Gasteiger partial charge in [-0.2, -0.15) is 0 Å². The molecule has 0 heterocycles. The van der Waals surface area contributed by atoms with Crippen molar-refractivity contribution in [3.05, 3.63) is 0 Å². The van der Waals surface area contributed by atoms with Crippen molar-refractivity contribution in [3.63, 3.8) is 0 Å². The zero-order valence-electron chi connectivity index (χ0n) is 7.42. The summed E-state index contributed by atoms with van der Waals surface area (Å²) in [5.74, 6) is 0.692. The van der Waals surface area contributed by atoms with Gasteiger partial charge in [0.25, 0.3) is 0 Å². The molecule has 6 N–H and O–H groups in total. The average Bonchev–Trinajstić information content (AvgIpc) is 2.01. The van der Waals surface area contributed by atoms with Crippen LogP contribution in [-0.4, -0.2) is 19.1 Å². The van der Waals surface area contributed by atoms with Crippen LogP contribution in [0.3, 0.4) is 0 Å². The van der Waals surface area contributed by atoms with Crippen molar-refractivity contribution in [2.75, 3.05) is 13.1 Å². The number of rotatable bonds is 6. The van der Waals surface area contributed by atoms with E-state index in [-0.39, 0.29) is 6.04 Å². The predicted octanol–water partition coefficient (Wildman–Crippen LogP) is 0.0375. The molecule has 0 saturated heterocycles. The van der Waals surface area contributed by atoms with Crippen LogP contribution in [0.2, 0.25) is 0 Å². The second-order valence-corrected chi connectivity index (χ2v) is 3.26. The second-order valence-electron chi connectivity index (χ2n) is 3.26. The fourth-order valence-electron chi connectivity index (χ4n) is 1.05. The van der Waals surface area contributed by atoms with Gasteiger partial charge in [0.2, 0.25) is 0 Å². The summed E-state index contributed by atoms with van der Waals surface area (Å²) in [6.07, 6.45) is 3.27. The Morgan fingerprint density at radius 1 is 1.09 bits per heavy atom. The van der Waals surface area contributed by atoms with Gasteiger partial charge >= 0.3 is 0 Å². The molecule has 2 unspecified atom stereocenters. The molecule has 68 valence electrons. The SMILES string of the molecule is CC(CCN)CCC(N)CN. The molecule has 0 saturated carbocycles. The molecular formula is C8H21N3. The van der Waals surface area contributed by atoms with Crippen molar-refractivity contribution >= 4 is 0 Å². The van der Waals surface area contributed by atoms with E-state index < -0.39 is 0 Å². The quantitative estimate of drug-likeness (QED) is 0.512. The monoisotopic (exact) mass is 159 g/mol. The molecule has 3 nitrogen and oxygen atoms in total. The maximum atomic E-state index is 5.66. The van der Waals surface area contributed by atoms with E-state index in [0.29, 0.717) is 12.5 Å². The Kier molecular flexibility index (Phi) is 6.51. The highest BCUT2D eigenvalue weighted by Gasteiger charge is 2.04. The van der Waals surface area contributed by atoms with Crippen molar-refractivity contribution in [1.29, 1.82) is 0 Å². The summed E-state index contributed by atoms with van der Waals surface area (Å²) in [5.41, 5.74) is 16.5. The van der Waals surface area contributed by atoms with Crippen LogP contribution in [0.25, 0.3) is 0 Å². The van der Waals surface area contributed by atoms with Crippen LogP contribution < -0.4 is 17.2 Å². The zero-order valence-corrected chi connectivity index (χ0v) is 7.42. The van der Waals surface area contributed by atoms with Gasteiger partial charge in [0.1, 0.15) is 0 Å². The Labute approximate surface area is 69.3 Å². The third kappa shape index (κ3) is 6.28. The van der Waals surface area contributed by atoms with Crippen LogP contribution in [-0.2, 0) is 0 Å². The molecule has 0 spiro atoms. The van der Waals surface area contributed by atoms with E-state index in [2.05, 4.69) is 6.92 Å². The van der Waals surface area contributed by atoms with Gasteiger partial charge in [0.15, 0.2) is 0 Å². The number of hydrogen-bond donors (Lipinski definition) is 3. The fraction of sp³-hybridized carbons (Fsp3) is 1.00. The van der Waals surface area contributed by atoms with Gasteiger partial charge < -0.3 is 17.2 Å². The van der Waals surface area contributed by atoms with Crippen molar-refractivity contribution in [2.45, 2.75) is 32.2 Å². The van der Waals surface area contributed by atoms with E-state index in [4.69, 9.17) is 17.2 Å². The lowest BCUT2D eigenvalue weighted by Crippen LogP contribution is -2.29. The molecule has 0 bridgehead atoms. The lowest BCUT2D eigenvalue weighted by molar-refractivity contribution is 0.450. The zero-order chi connectivity index (χ0) is 8.69. The lowest BCUT2D eigenvalue weighted by atomic mass is 9.99. The predicted molar refractivity (Wildman–Crippen MR) is 49.1 cm³/mol. The van der Waals surface area contributed by atoms with E-state index >= 15 is 0 Å². The van der Waals surface area contributed by atoms with Crippen molar-refractivity contribution < 1.29 is 0 Å². The third-order valence-electron chi connectivity index (χ3n) is 1.99. The smallest absolute Gasteiger partial charge is 0.0163 e. The van der Waals surface area contributed by atoms with E-state index in [0.717, 1.165) is 25.8 Å². The second kappa shape index (κ2) is 6.58. The maximum absolute atomic E-state index is 5.66. The van der Waals surface area contributed by atoms with Crippen LogP contribution in [0, 0.1) is 5.92 Å². The molecule has 0 aliphatic heterocycles. The summed E-state index contributed by atoms with van der Waals surface area (Å²) in [5, 5.41) is 0. The van der Waals surface area contributed by atoms with E-state index in [9.17, 15) is 0 Å². The number of hydrogen-bond acceptors (Lipinski definition) is 3. The average molecular weight is 159 g/mol. The third-order valence-corrected chi connectivity index (χ3v) is 1.99. The molecule has 2 atom stereocenters. The molecule has 0 amide bonds. The molecule has 11 heavy (non-hydrogen) atoms. The first-order chi connectivity index (χ1) is 5.20. The first kappa shape index (κ1) is 10.9. The molecule has 0 aliphatic rings. The Balaban J connectivity index is 3.22. The summed E-state index contributed by atoms with van der Waals surface area (Å²) in [6.45, 7) is 3.57. The van der Waals surface area contributed by atoms with Gasteiger partial charge in [-0.15, -0.1) is 0 Å². The first-order valence-electron chi connectivity index (χ1n) is 4.36. The lowest BCUT2D eigenvalue weighted by Gasteiger charge is -2.12. The Hall–Kier alpha value is -0.120. The Bertz CT molecular complexity index is 85.4. The molecule has 3 heteroatoms. The van der Waals surface area contributed by atoms with E-state index in [1.165, 1.54) is 0 Å². The minimum atomic E-state index is 0.176. The molecule has 0 aliphatic carbocycles. The van der Waals surface area contributed by atoms with Crippen LogP contribution >= 0.6 is 0 Å². The summed E-state index contributed by atoms with van der Waals surface area (Å²) in [4.78, 5) is 0. The highest BCUT2D eigenvalue weighted by Crippen LogP contribution is 2.09. The van der Waals surface area contributed by atoms with E-state index in [1.54, 1.807) is 0 Å². The maximum Gasteiger partial charge on any atom is 0.0163 e. The summed E-state index contributed by atoms with van der Waals surface area (Å²) < 4.78 is 0. The summed E-state index contributed by atoms with van der Waals surface area (Å²) in [6, 6.07) is 0.176. The highest BCUT2D eigenvalue weighted by molar-refractivity contribution is 4.64. The minimum absolute atomic E-state index is 0.176. The van der Waals surface area contributed by atoms with Gasteiger partial charge in [-0.25, -0.2) is 0 Å². The largest absolute Gasteiger partial charge is 0.330 e. The first-order valence-corrected chi connectivity index (χ1v) is 4.36. The van der Waals surface area contributed by atoms with Crippen LogP contribution in [0.15, 0.2) is 0 Å². The molecule has 0 aromatic rings. The van der Waals surface area contributed by atoms with Crippen molar-refractivity contribution in [1.82, 2.24) is 0 Å². The molecule has 0 aromatic heterocycles. The van der Waals surface area contributed by atoms with E-state index in [1.807, 2.05) is 0 Å². The van der Waals surface area contributed by atoms with Crippen LogP contribution in [0.4, 0.5) is 0 Å². The van der Waals surface area contributed by atoms with Gasteiger partial charge in [-0.1, -0.05) is 6.92 Å². The minimum Gasteiger partial charge on any atom is -0.330 e. The van der Waals surface area contributed by atoms with Crippen molar-refractivity contribution in [2.24, 2.45) is 23.1 Å². The molecule has 0 fully saturated rings. The van der Waals surface area contributed by atoms with Gasteiger partial charge in [0, 0.05) is 12.6 Å².